The zero-order valence-corrected chi connectivity index (χ0v) is 15.7. The minimum absolute atomic E-state index is 0.227. The molecule has 1 atom stereocenters. The molecule has 1 fully saturated rings. The van der Waals surface area contributed by atoms with Crippen LogP contribution in [0.2, 0.25) is 10.0 Å². The third-order valence-corrected chi connectivity index (χ3v) is 5.46. The molecule has 2 aromatic carbocycles. The van der Waals surface area contributed by atoms with Crippen molar-refractivity contribution in [3.05, 3.63) is 69.7 Å². The second-order valence-corrected chi connectivity index (χ2v) is 7.66. The molecule has 24 heavy (non-hydrogen) atoms. The normalized spacial score (nSPS) is 17.8. The van der Waals surface area contributed by atoms with Gasteiger partial charge in [-0.05, 0) is 61.2 Å². The molecule has 0 aromatic heterocycles. The Kier molecular flexibility index (Phi) is 6.21. The molecule has 0 saturated carbocycles. The van der Waals surface area contributed by atoms with Gasteiger partial charge < -0.3 is 0 Å². The molecule has 3 heteroatoms. The molecule has 0 radical (unpaired) electrons. The maximum absolute atomic E-state index is 6.28. The highest BCUT2D eigenvalue weighted by Crippen LogP contribution is 2.35. The molecule has 1 saturated heterocycles. The topological polar surface area (TPSA) is 3.24 Å². The van der Waals surface area contributed by atoms with Crippen LogP contribution in [0.3, 0.4) is 0 Å². The van der Waals surface area contributed by atoms with Crippen molar-refractivity contribution in [2.75, 3.05) is 13.1 Å². The van der Waals surface area contributed by atoms with Crippen molar-refractivity contribution in [1.82, 2.24) is 4.90 Å². The Bertz CT molecular complexity index is 628. The maximum atomic E-state index is 6.28. The summed E-state index contributed by atoms with van der Waals surface area (Å²) < 4.78 is 0. The quantitative estimate of drug-likeness (QED) is 0.580. The highest BCUT2D eigenvalue weighted by molar-refractivity contribution is 6.34. The summed E-state index contributed by atoms with van der Waals surface area (Å²) in [6, 6.07) is 16.9. The number of hydrogen-bond donors (Lipinski definition) is 0. The van der Waals surface area contributed by atoms with Crippen LogP contribution in [0.25, 0.3) is 0 Å². The van der Waals surface area contributed by atoms with Crippen molar-refractivity contribution in [2.24, 2.45) is 5.92 Å². The van der Waals surface area contributed by atoms with Gasteiger partial charge in [0.2, 0.25) is 0 Å². The largest absolute Gasteiger partial charge is 0.292 e. The Morgan fingerprint density at radius 3 is 2.17 bits per heavy atom. The summed E-state index contributed by atoms with van der Waals surface area (Å²) in [6.07, 6.45) is 5.21. The van der Waals surface area contributed by atoms with Gasteiger partial charge in [-0.25, -0.2) is 0 Å². The molecule has 0 aliphatic carbocycles. The van der Waals surface area contributed by atoms with Crippen LogP contribution in [0.15, 0.2) is 48.5 Å². The molecule has 1 aliphatic heterocycles. The van der Waals surface area contributed by atoms with Gasteiger partial charge in [0, 0.05) is 10.0 Å². The van der Waals surface area contributed by atoms with Crippen LogP contribution in [0.4, 0.5) is 0 Å². The summed E-state index contributed by atoms with van der Waals surface area (Å²) in [5.74, 6) is 0.880. The molecule has 2 aromatic rings. The molecular formula is C21H25Cl2N. The number of hydrogen-bond acceptors (Lipinski definition) is 1. The van der Waals surface area contributed by atoms with E-state index in [0.717, 1.165) is 19.0 Å². The standard InChI is InChI=1S/C21H25Cl2N/c1-2-6-16-9-11-24(12-10-16)21(17-7-4-3-5-8-17)18-13-19(22)15-20(23)14-18/h3-5,7-8,13-16,21H,2,6,9-12H2,1H3. The number of rotatable bonds is 5. The minimum Gasteiger partial charge on any atom is -0.292 e. The highest BCUT2D eigenvalue weighted by Gasteiger charge is 2.27. The van der Waals surface area contributed by atoms with E-state index in [0.29, 0.717) is 10.0 Å². The van der Waals surface area contributed by atoms with Gasteiger partial charge in [-0.1, -0.05) is 73.3 Å². The van der Waals surface area contributed by atoms with Gasteiger partial charge in [0.15, 0.2) is 0 Å². The van der Waals surface area contributed by atoms with Crippen LogP contribution < -0.4 is 0 Å². The Morgan fingerprint density at radius 2 is 1.58 bits per heavy atom. The van der Waals surface area contributed by atoms with Crippen LogP contribution in [-0.2, 0) is 0 Å². The fraction of sp³-hybridized carbons (Fsp3) is 0.429. The first kappa shape index (κ1) is 17.8. The Morgan fingerprint density at radius 1 is 0.958 bits per heavy atom. The van der Waals surface area contributed by atoms with Gasteiger partial charge in [0.1, 0.15) is 0 Å². The van der Waals surface area contributed by atoms with Crippen LogP contribution in [0.1, 0.15) is 49.8 Å². The number of piperidine rings is 1. The van der Waals surface area contributed by atoms with Gasteiger partial charge in [-0.15, -0.1) is 0 Å². The van der Waals surface area contributed by atoms with E-state index in [4.69, 9.17) is 23.2 Å². The average molecular weight is 362 g/mol. The Labute approximate surface area is 155 Å². The fourth-order valence-electron chi connectivity index (χ4n) is 3.89. The van der Waals surface area contributed by atoms with Crippen LogP contribution in [0, 0.1) is 5.92 Å². The Balaban J connectivity index is 1.89. The predicted molar refractivity (Wildman–Crippen MR) is 104 cm³/mol. The molecule has 3 rings (SSSR count). The van der Waals surface area contributed by atoms with Crippen molar-refractivity contribution < 1.29 is 0 Å². The van der Waals surface area contributed by atoms with Gasteiger partial charge in [-0.3, -0.25) is 4.90 Å². The number of halogens is 2. The number of nitrogens with zero attached hydrogens (tertiary/aromatic N) is 1. The zero-order chi connectivity index (χ0) is 16.9. The first-order valence-electron chi connectivity index (χ1n) is 8.92. The Hall–Kier alpha value is -1.02. The zero-order valence-electron chi connectivity index (χ0n) is 14.2. The molecule has 128 valence electrons. The number of benzene rings is 2. The van der Waals surface area contributed by atoms with Crippen molar-refractivity contribution >= 4 is 23.2 Å². The summed E-state index contributed by atoms with van der Waals surface area (Å²) >= 11 is 12.6. The fourth-order valence-corrected chi connectivity index (χ4v) is 4.43. The first-order chi connectivity index (χ1) is 11.7. The predicted octanol–water partition coefficient (Wildman–Crippen LogP) is 6.59. The summed E-state index contributed by atoms with van der Waals surface area (Å²) in [7, 11) is 0. The second kappa shape index (κ2) is 8.38. The summed E-state index contributed by atoms with van der Waals surface area (Å²) in [5, 5.41) is 1.42. The van der Waals surface area contributed by atoms with E-state index in [9.17, 15) is 0 Å². The van der Waals surface area contributed by atoms with Crippen molar-refractivity contribution in [1.29, 1.82) is 0 Å². The highest BCUT2D eigenvalue weighted by atomic mass is 35.5. The molecule has 1 unspecified atom stereocenters. The van der Waals surface area contributed by atoms with E-state index in [-0.39, 0.29) is 6.04 Å². The van der Waals surface area contributed by atoms with E-state index < -0.39 is 0 Å². The molecule has 1 aliphatic rings. The second-order valence-electron chi connectivity index (χ2n) is 6.78. The lowest BCUT2D eigenvalue weighted by molar-refractivity contribution is 0.147. The van der Waals surface area contributed by atoms with E-state index in [1.807, 2.05) is 6.07 Å². The minimum atomic E-state index is 0.227. The molecule has 0 N–H and O–H groups in total. The van der Waals surface area contributed by atoms with Crippen LogP contribution in [0.5, 0.6) is 0 Å². The summed E-state index contributed by atoms with van der Waals surface area (Å²) in [5.41, 5.74) is 2.50. The summed E-state index contributed by atoms with van der Waals surface area (Å²) in [6.45, 7) is 4.55. The molecule has 0 spiro atoms. The molecule has 1 heterocycles. The van der Waals surface area contributed by atoms with Crippen molar-refractivity contribution in [3.8, 4) is 0 Å². The van der Waals surface area contributed by atoms with Gasteiger partial charge in [-0.2, -0.15) is 0 Å². The lowest BCUT2D eigenvalue weighted by Crippen LogP contribution is -2.37. The third kappa shape index (κ3) is 4.33. The SMILES string of the molecule is CCCC1CCN(C(c2ccccc2)c2cc(Cl)cc(Cl)c2)CC1. The molecule has 0 amide bonds. The summed E-state index contributed by atoms with van der Waals surface area (Å²) in [4.78, 5) is 2.59. The van der Waals surface area contributed by atoms with Crippen molar-refractivity contribution in [2.45, 2.75) is 38.6 Å². The van der Waals surface area contributed by atoms with Gasteiger partial charge in [0.05, 0.1) is 6.04 Å². The smallest absolute Gasteiger partial charge is 0.0602 e. The molecular weight excluding hydrogens is 337 g/mol. The monoisotopic (exact) mass is 361 g/mol. The lowest BCUT2D eigenvalue weighted by atomic mass is 9.89. The van der Waals surface area contributed by atoms with E-state index >= 15 is 0 Å². The van der Waals surface area contributed by atoms with Gasteiger partial charge in [0.25, 0.3) is 0 Å². The van der Waals surface area contributed by atoms with Crippen LogP contribution in [-0.4, -0.2) is 18.0 Å². The van der Waals surface area contributed by atoms with E-state index in [1.54, 1.807) is 0 Å². The lowest BCUT2D eigenvalue weighted by Gasteiger charge is -2.38. The van der Waals surface area contributed by atoms with E-state index in [2.05, 4.69) is 54.3 Å². The van der Waals surface area contributed by atoms with E-state index in [1.165, 1.54) is 36.8 Å². The number of likely N-dealkylation sites (tertiary alicyclic amines) is 1. The van der Waals surface area contributed by atoms with Crippen molar-refractivity contribution in [3.63, 3.8) is 0 Å². The first-order valence-corrected chi connectivity index (χ1v) is 9.68. The third-order valence-electron chi connectivity index (χ3n) is 5.03. The molecule has 0 bridgehead atoms. The molecule has 1 nitrogen and oxygen atoms in total. The van der Waals surface area contributed by atoms with Crippen LogP contribution >= 0.6 is 23.2 Å². The maximum Gasteiger partial charge on any atom is 0.0602 e. The average Bonchev–Trinajstić information content (AvgIpc) is 2.57. The van der Waals surface area contributed by atoms with Gasteiger partial charge >= 0.3 is 0 Å².